The van der Waals surface area contributed by atoms with E-state index in [1.165, 1.54) is 11.3 Å². The Morgan fingerprint density at radius 3 is 2.75 bits per heavy atom. The second-order valence-corrected chi connectivity index (χ2v) is 7.11. The second kappa shape index (κ2) is 6.83. The summed E-state index contributed by atoms with van der Waals surface area (Å²) in [6.07, 6.45) is 4.15. The minimum atomic E-state index is -3.51. The molecule has 0 amide bonds. The summed E-state index contributed by atoms with van der Waals surface area (Å²) in [5.41, 5.74) is 1.50. The van der Waals surface area contributed by atoms with Gasteiger partial charge in [-0.05, 0) is 42.1 Å². The van der Waals surface area contributed by atoms with Gasteiger partial charge in [0, 0.05) is 18.9 Å². The Bertz CT molecular complexity index is 639. The average Bonchev–Trinajstić information content (AvgIpc) is 2.89. The number of rotatable bonds is 7. The zero-order chi connectivity index (χ0) is 14.4. The summed E-state index contributed by atoms with van der Waals surface area (Å²) >= 11 is 1.23. The number of pyridine rings is 1. The van der Waals surface area contributed by atoms with Gasteiger partial charge in [-0.1, -0.05) is 6.92 Å². The minimum absolute atomic E-state index is 0.322. The predicted octanol–water partition coefficient (Wildman–Crippen LogP) is 2.44. The molecule has 0 atom stereocenters. The number of thiophene rings is 1. The van der Waals surface area contributed by atoms with Gasteiger partial charge in [0.1, 0.15) is 4.21 Å². The average molecular weight is 311 g/mol. The first-order valence-corrected chi connectivity index (χ1v) is 8.69. The normalized spacial score (nSPS) is 11.4. The summed E-state index contributed by atoms with van der Waals surface area (Å²) in [5.74, 6) is 0. The van der Waals surface area contributed by atoms with E-state index in [1.807, 2.05) is 5.38 Å². The lowest BCUT2D eigenvalue weighted by atomic mass is 10.3. The SMILES string of the molecule is CCCNCc1csc(S(=O)(=O)Nc2ccncc2)c1. The summed E-state index contributed by atoms with van der Waals surface area (Å²) < 4.78 is 27.3. The van der Waals surface area contributed by atoms with Gasteiger partial charge in [0.15, 0.2) is 0 Å². The zero-order valence-corrected chi connectivity index (χ0v) is 12.8. The van der Waals surface area contributed by atoms with Crippen molar-refractivity contribution in [3.8, 4) is 0 Å². The van der Waals surface area contributed by atoms with E-state index in [9.17, 15) is 8.42 Å². The molecule has 0 unspecified atom stereocenters. The number of hydrogen-bond acceptors (Lipinski definition) is 5. The van der Waals surface area contributed by atoms with Crippen LogP contribution in [0.5, 0.6) is 0 Å². The van der Waals surface area contributed by atoms with E-state index < -0.39 is 10.0 Å². The van der Waals surface area contributed by atoms with E-state index in [1.54, 1.807) is 30.6 Å². The van der Waals surface area contributed by atoms with Crippen molar-refractivity contribution >= 4 is 27.0 Å². The maximum atomic E-state index is 12.2. The van der Waals surface area contributed by atoms with Crippen molar-refractivity contribution in [3.05, 3.63) is 41.5 Å². The molecule has 0 aliphatic rings. The maximum Gasteiger partial charge on any atom is 0.271 e. The van der Waals surface area contributed by atoms with Crippen LogP contribution in [0.1, 0.15) is 18.9 Å². The molecule has 0 fully saturated rings. The molecule has 0 spiro atoms. The number of aromatic nitrogens is 1. The number of nitrogens with one attached hydrogen (secondary N) is 2. The Hall–Kier alpha value is -1.44. The van der Waals surface area contributed by atoms with Gasteiger partial charge in [-0.2, -0.15) is 0 Å². The minimum Gasteiger partial charge on any atom is -0.313 e. The molecule has 0 aliphatic carbocycles. The summed E-state index contributed by atoms with van der Waals surface area (Å²) in [5, 5.41) is 5.11. The maximum absolute atomic E-state index is 12.2. The number of hydrogen-bond donors (Lipinski definition) is 2. The Balaban J connectivity index is 2.06. The van der Waals surface area contributed by atoms with E-state index in [0.29, 0.717) is 16.4 Å². The highest BCUT2D eigenvalue weighted by Gasteiger charge is 2.16. The van der Waals surface area contributed by atoms with Gasteiger partial charge in [0.2, 0.25) is 0 Å². The van der Waals surface area contributed by atoms with Crippen LogP contribution in [0.25, 0.3) is 0 Å². The van der Waals surface area contributed by atoms with Gasteiger partial charge in [0.05, 0.1) is 5.69 Å². The van der Waals surface area contributed by atoms with Crippen LogP contribution in [0.4, 0.5) is 5.69 Å². The molecule has 0 saturated heterocycles. The molecule has 7 heteroatoms. The van der Waals surface area contributed by atoms with Gasteiger partial charge >= 0.3 is 0 Å². The third-order valence-corrected chi connectivity index (χ3v) is 5.45. The number of sulfonamides is 1. The van der Waals surface area contributed by atoms with Crippen molar-refractivity contribution in [2.45, 2.75) is 24.1 Å². The van der Waals surface area contributed by atoms with Crippen molar-refractivity contribution in [2.75, 3.05) is 11.3 Å². The van der Waals surface area contributed by atoms with Crippen LogP contribution in [0.3, 0.4) is 0 Å². The molecule has 0 saturated carbocycles. The molecule has 20 heavy (non-hydrogen) atoms. The summed E-state index contributed by atoms with van der Waals surface area (Å²) in [4.78, 5) is 3.85. The summed E-state index contributed by atoms with van der Waals surface area (Å²) in [6, 6.07) is 4.95. The number of anilines is 1. The van der Waals surface area contributed by atoms with Gasteiger partial charge < -0.3 is 5.32 Å². The lowest BCUT2D eigenvalue weighted by molar-refractivity contribution is 0.603. The topological polar surface area (TPSA) is 71.1 Å². The van der Waals surface area contributed by atoms with E-state index in [0.717, 1.165) is 18.5 Å². The standard InChI is InChI=1S/C13H17N3O2S2/c1-2-5-15-9-11-8-13(19-10-11)20(17,18)16-12-3-6-14-7-4-12/h3-4,6-8,10,15H,2,5,9H2,1H3,(H,14,16). The summed E-state index contributed by atoms with van der Waals surface area (Å²) in [7, 11) is -3.51. The van der Waals surface area contributed by atoms with Gasteiger partial charge in [-0.25, -0.2) is 8.42 Å². The quantitative estimate of drug-likeness (QED) is 0.771. The number of nitrogens with zero attached hydrogens (tertiary/aromatic N) is 1. The van der Waals surface area contributed by atoms with Crippen LogP contribution in [0.2, 0.25) is 0 Å². The highest BCUT2D eigenvalue weighted by molar-refractivity contribution is 7.94. The first-order valence-electron chi connectivity index (χ1n) is 6.33. The summed E-state index contributed by atoms with van der Waals surface area (Å²) in [6.45, 7) is 3.71. The Morgan fingerprint density at radius 1 is 1.30 bits per heavy atom. The molecule has 0 bridgehead atoms. The molecule has 2 aromatic rings. The smallest absolute Gasteiger partial charge is 0.271 e. The molecular weight excluding hydrogens is 294 g/mol. The van der Waals surface area contributed by atoms with Crippen molar-refractivity contribution < 1.29 is 8.42 Å². The second-order valence-electron chi connectivity index (χ2n) is 4.29. The Labute approximate surface area is 123 Å². The monoisotopic (exact) mass is 311 g/mol. The molecular formula is C13H17N3O2S2. The van der Waals surface area contributed by atoms with Crippen LogP contribution >= 0.6 is 11.3 Å². The molecule has 108 valence electrons. The fourth-order valence-corrected chi connectivity index (χ4v) is 3.89. The lowest BCUT2D eigenvalue weighted by Gasteiger charge is -2.05. The van der Waals surface area contributed by atoms with E-state index in [2.05, 4.69) is 21.9 Å². The van der Waals surface area contributed by atoms with Gasteiger partial charge in [-0.3, -0.25) is 9.71 Å². The fraction of sp³-hybridized carbons (Fsp3) is 0.308. The molecule has 2 heterocycles. The molecule has 2 rings (SSSR count). The molecule has 2 N–H and O–H groups in total. The van der Waals surface area contributed by atoms with Crippen molar-refractivity contribution in [1.82, 2.24) is 10.3 Å². The van der Waals surface area contributed by atoms with Crippen LogP contribution < -0.4 is 10.0 Å². The highest BCUT2D eigenvalue weighted by Crippen LogP contribution is 2.22. The van der Waals surface area contributed by atoms with Crippen molar-refractivity contribution in [2.24, 2.45) is 0 Å². The largest absolute Gasteiger partial charge is 0.313 e. The molecule has 0 aromatic carbocycles. The van der Waals surface area contributed by atoms with Crippen LogP contribution in [-0.4, -0.2) is 19.9 Å². The predicted molar refractivity (Wildman–Crippen MR) is 81.4 cm³/mol. The van der Waals surface area contributed by atoms with E-state index >= 15 is 0 Å². The van der Waals surface area contributed by atoms with E-state index in [4.69, 9.17) is 0 Å². The highest BCUT2D eigenvalue weighted by atomic mass is 32.2. The first-order chi connectivity index (χ1) is 9.62. The van der Waals surface area contributed by atoms with Crippen LogP contribution in [0.15, 0.2) is 40.2 Å². The van der Waals surface area contributed by atoms with Crippen LogP contribution in [0, 0.1) is 0 Å². The molecule has 2 aromatic heterocycles. The van der Waals surface area contributed by atoms with Crippen molar-refractivity contribution in [1.29, 1.82) is 0 Å². The molecule has 0 radical (unpaired) electrons. The lowest BCUT2D eigenvalue weighted by Crippen LogP contribution is -2.13. The van der Waals surface area contributed by atoms with Gasteiger partial charge in [-0.15, -0.1) is 11.3 Å². The third kappa shape index (κ3) is 4.03. The van der Waals surface area contributed by atoms with E-state index in [-0.39, 0.29) is 0 Å². The Kier molecular flexibility index (Phi) is 5.11. The van der Waals surface area contributed by atoms with Crippen LogP contribution in [-0.2, 0) is 16.6 Å². The first kappa shape index (κ1) is 15.0. The molecule has 0 aliphatic heterocycles. The third-order valence-electron chi connectivity index (χ3n) is 2.58. The molecule has 5 nitrogen and oxygen atoms in total. The Morgan fingerprint density at radius 2 is 2.05 bits per heavy atom. The fourth-order valence-electron chi connectivity index (χ4n) is 1.62. The van der Waals surface area contributed by atoms with Gasteiger partial charge in [0.25, 0.3) is 10.0 Å². The zero-order valence-electron chi connectivity index (χ0n) is 11.2. The van der Waals surface area contributed by atoms with Crippen molar-refractivity contribution in [3.63, 3.8) is 0 Å².